The number of carbonyl (C=O) groups excluding carboxylic acids is 1. The van der Waals surface area contributed by atoms with E-state index in [0.29, 0.717) is 5.92 Å². The first-order valence-corrected chi connectivity index (χ1v) is 6.52. The predicted octanol–water partition coefficient (Wildman–Crippen LogP) is 0.765. The van der Waals surface area contributed by atoms with Gasteiger partial charge in [-0.05, 0) is 32.7 Å². The van der Waals surface area contributed by atoms with Crippen molar-refractivity contribution in [3.63, 3.8) is 0 Å². The maximum Gasteiger partial charge on any atom is 0.255 e. The Kier molecular flexibility index (Phi) is 3.71. The lowest BCUT2D eigenvalue weighted by Gasteiger charge is -2.30. The van der Waals surface area contributed by atoms with Gasteiger partial charge >= 0.3 is 0 Å². The number of aromatic nitrogens is 2. The van der Waals surface area contributed by atoms with Gasteiger partial charge in [0, 0.05) is 25.3 Å². The molecule has 1 aromatic rings. The summed E-state index contributed by atoms with van der Waals surface area (Å²) in [7, 11) is 1.86. The second-order valence-corrected chi connectivity index (χ2v) is 5.22. The highest BCUT2D eigenvalue weighted by molar-refractivity contribution is 5.96. The maximum absolute atomic E-state index is 12.3. The van der Waals surface area contributed by atoms with E-state index in [9.17, 15) is 4.79 Å². The van der Waals surface area contributed by atoms with E-state index in [1.165, 1.54) is 0 Å². The third-order valence-corrected chi connectivity index (χ3v) is 3.88. The Labute approximate surface area is 108 Å². The molecule has 2 unspecified atom stereocenters. The molecule has 0 bridgehead atoms. The van der Waals surface area contributed by atoms with Gasteiger partial charge in [-0.3, -0.25) is 9.48 Å². The molecule has 1 amide bonds. The van der Waals surface area contributed by atoms with Gasteiger partial charge in [-0.2, -0.15) is 5.10 Å². The van der Waals surface area contributed by atoms with Crippen molar-refractivity contribution < 1.29 is 4.79 Å². The zero-order valence-electron chi connectivity index (χ0n) is 11.6. The van der Waals surface area contributed by atoms with Crippen molar-refractivity contribution in [2.75, 3.05) is 13.1 Å². The molecule has 100 valence electrons. The largest absolute Gasteiger partial charge is 0.348 e. The molecule has 18 heavy (non-hydrogen) atoms. The number of rotatable bonds is 2. The molecule has 0 aromatic carbocycles. The number of carbonyl (C=O) groups is 1. The number of nitrogens with zero attached hydrogens (tertiary/aromatic N) is 2. The molecule has 5 nitrogen and oxygen atoms in total. The predicted molar refractivity (Wildman–Crippen MR) is 70.6 cm³/mol. The fourth-order valence-electron chi connectivity index (χ4n) is 2.53. The zero-order valence-corrected chi connectivity index (χ0v) is 11.6. The van der Waals surface area contributed by atoms with Gasteiger partial charge in [-0.1, -0.05) is 6.92 Å². The summed E-state index contributed by atoms with van der Waals surface area (Å²) in [5, 5.41) is 10.7. The van der Waals surface area contributed by atoms with E-state index in [-0.39, 0.29) is 11.9 Å². The molecule has 2 rings (SSSR count). The topological polar surface area (TPSA) is 59.0 Å². The van der Waals surface area contributed by atoms with E-state index < -0.39 is 0 Å². The Bertz CT molecular complexity index is 452. The summed E-state index contributed by atoms with van der Waals surface area (Å²) in [5.41, 5.74) is 2.43. The summed E-state index contributed by atoms with van der Waals surface area (Å²) in [6.45, 7) is 7.89. The molecule has 2 heterocycles. The van der Waals surface area contributed by atoms with Crippen LogP contribution in [-0.2, 0) is 7.05 Å². The average Bonchev–Trinajstić information content (AvgIpc) is 2.56. The second-order valence-electron chi connectivity index (χ2n) is 5.22. The number of aryl methyl sites for hydroxylation is 2. The molecule has 1 saturated heterocycles. The van der Waals surface area contributed by atoms with Crippen LogP contribution in [0.15, 0.2) is 0 Å². The second kappa shape index (κ2) is 5.10. The van der Waals surface area contributed by atoms with Crippen molar-refractivity contribution in [2.45, 2.75) is 33.2 Å². The lowest BCUT2D eigenvalue weighted by Crippen LogP contribution is -2.50. The summed E-state index contributed by atoms with van der Waals surface area (Å²) in [6, 6.07) is 0.213. The van der Waals surface area contributed by atoms with Gasteiger partial charge < -0.3 is 10.6 Å². The van der Waals surface area contributed by atoms with E-state index in [0.717, 1.165) is 36.5 Å². The average molecular weight is 250 g/mol. The molecule has 2 atom stereocenters. The van der Waals surface area contributed by atoms with Crippen LogP contribution in [-0.4, -0.2) is 34.8 Å². The molecule has 0 radical (unpaired) electrons. The molecular formula is C13H22N4O. The van der Waals surface area contributed by atoms with Crippen LogP contribution in [0.25, 0.3) is 0 Å². The van der Waals surface area contributed by atoms with Crippen molar-refractivity contribution in [1.82, 2.24) is 20.4 Å². The number of nitrogens with one attached hydrogen (secondary N) is 2. The van der Waals surface area contributed by atoms with E-state index >= 15 is 0 Å². The van der Waals surface area contributed by atoms with Gasteiger partial charge in [-0.15, -0.1) is 0 Å². The summed E-state index contributed by atoms with van der Waals surface area (Å²) < 4.78 is 1.76. The molecule has 0 aliphatic carbocycles. The quantitative estimate of drug-likeness (QED) is 0.815. The SMILES string of the molecule is Cc1nn(C)c(C)c1C(=O)NC1CNCCC1C. The highest BCUT2D eigenvalue weighted by atomic mass is 16.1. The first-order chi connectivity index (χ1) is 8.50. The fourth-order valence-corrected chi connectivity index (χ4v) is 2.53. The maximum atomic E-state index is 12.3. The number of amides is 1. The Balaban J connectivity index is 2.12. The van der Waals surface area contributed by atoms with Gasteiger partial charge in [-0.25, -0.2) is 0 Å². The van der Waals surface area contributed by atoms with Crippen LogP contribution in [0, 0.1) is 19.8 Å². The Hall–Kier alpha value is -1.36. The number of hydrogen-bond donors (Lipinski definition) is 2. The summed E-state index contributed by atoms with van der Waals surface area (Å²) in [6.07, 6.45) is 1.11. The Morgan fingerprint density at radius 2 is 2.22 bits per heavy atom. The molecule has 1 aliphatic heterocycles. The summed E-state index contributed by atoms with van der Waals surface area (Å²) >= 11 is 0. The summed E-state index contributed by atoms with van der Waals surface area (Å²) in [5.74, 6) is 0.520. The smallest absolute Gasteiger partial charge is 0.255 e. The van der Waals surface area contributed by atoms with Gasteiger partial charge in [0.15, 0.2) is 0 Å². The van der Waals surface area contributed by atoms with Crippen LogP contribution in [0.2, 0.25) is 0 Å². The Morgan fingerprint density at radius 3 is 2.78 bits per heavy atom. The molecule has 0 saturated carbocycles. The lowest BCUT2D eigenvalue weighted by atomic mass is 9.94. The van der Waals surface area contributed by atoms with Crippen LogP contribution >= 0.6 is 0 Å². The monoisotopic (exact) mass is 250 g/mol. The third kappa shape index (κ3) is 2.41. The fraction of sp³-hybridized carbons (Fsp3) is 0.692. The number of piperidine rings is 1. The highest BCUT2D eigenvalue weighted by Crippen LogP contribution is 2.15. The van der Waals surface area contributed by atoms with Crippen LogP contribution in [0.4, 0.5) is 0 Å². The van der Waals surface area contributed by atoms with E-state index in [1.807, 2.05) is 20.9 Å². The standard InChI is InChI=1S/C13H22N4O/c1-8-5-6-14-7-11(8)15-13(18)12-9(2)16-17(4)10(12)3/h8,11,14H,5-7H2,1-4H3,(H,15,18). The van der Waals surface area contributed by atoms with Crippen molar-refractivity contribution in [2.24, 2.45) is 13.0 Å². The molecule has 1 aromatic heterocycles. The first-order valence-electron chi connectivity index (χ1n) is 6.52. The van der Waals surface area contributed by atoms with Crippen molar-refractivity contribution >= 4 is 5.91 Å². The molecule has 1 fully saturated rings. The minimum Gasteiger partial charge on any atom is -0.348 e. The minimum atomic E-state index is -0.00125. The highest BCUT2D eigenvalue weighted by Gasteiger charge is 2.25. The van der Waals surface area contributed by atoms with Gasteiger partial charge in [0.25, 0.3) is 5.91 Å². The van der Waals surface area contributed by atoms with E-state index in [1.54, 1.807) is 4.68 Å². The zero-order chi connectivity index (χ0) is 13.3. The Morgan fingerprint density at radius 1 is 1.50 bits per heavy atom. The molecule has 5 heteroatoms. The molecule has 2 N–H and O–H groups in total. The normalized spacial score (nSPS) is 24.0. The summed E-state index contributed by atoms with van der Waals surface area (Å²) in [4.78, 5) is 12.3. The number of hydrogen-bond acceptors (Lipinski definition) is 3. The van der Waals surface area contributed by atoms with Crippen molar-refractivity contribution in [3.05, 3.63) is 17.0 Å². The molecule has 0 spiro atoms. The third-order valence-electron chi connectivity index (χ3n) is 3.88. The van der Waals surface area contributed by atoms with Gasteiger partial charge in [0.1, 0.15) is 0 Å². The van der Waals surface area contributed by atoms with Gasteiger partial charge in [0.2, 0.25) is 0 Å². The van der Waals surface area contributed by atoms with E-state index in [4.69, 9.17) is 0 Å². The van der Waals surface area contributed by atoms with Crippen molar-refractivity contribution in [1.29, 1.82) is 0 Å². The lowest BCUT2D eigenvalue weighted by molar-refractivity contribution is 0.0914. The molecular weight excluding hydrogens is 228 g/mol. The van der Waals surface area contributed by atoms with Crippen molar-refractivity contribution in [3.8, 4) is 0 Å². The van der Waals surface area contributed by atoms with Crippen LogP contribution in [0.1, 0.15) is 35.1 Å². The van der Waals surface area contributed by atoms with E-state index in [2.05, 4.69) is 22.7 Å². The minimum absolute atomic E-state index is 0.00125. The first kappa shape index (κ1) is 13.1. The molecule has 1 aliphatic rings. The van der Waals surface area contributed by atoms with Gasteiger partial charge in [0.05, 0.1) is 11.3 Å². The van der Waals surface area contributed by atoms with Crippen LogP contribution in [0.5, 0.6) is 0 Å². The van der Waals surface area contributed by atoms with Crippen LogP contribution in [0.3, 0.4) is 0 Å². The van der Waals surface area contributed by atoms with Crippen LogP contribution < -0.4 is 10.6 Å².